The van der Waals surface area contributed by atoms with Gasteiger partial charge in [-0.1, -0.05) is 29.8 Å². The predicted molar refractivity (Wildman–Crippen MR) is 103 cm³/mol. The number of ether oxygens (including phenoxy) is 2. The van der Waals surface area contributed by atoms with Crippen LogP contribution in [0.4, 0.5) is 0 Å². The smallest absolute Gasteiger partial charge is 0.220 e. The molecule has 1 aliphatic heterocycles. The number of nitrogens with one attached hydrogen (secondary N) is 1. The van der Waals surface area contributed by atoms with Crippen LogP contribution in [-0.4, -0.2) is 18.6 Å². The summed E-state index contributed by atoms with van der Waals surface area (Å²) >= 11 is 0. The molecule has 1 heterocycles. The van der Waals surface area contributed by atoms with Gasteiger partial charge in [0.1, 0.15) is 17.1 Å². The number of fused-ring (bicyclic) bond motifs is 1. The van der Waals surface area contributed by atoms with E-state index in [0.29, 0.717) is 12.8 Å². The van der Waals surface area contributed by atoms with Gasteiger partial charge in [-0.2, -0.15) is 0 Å². The number of benzene rings is 2. The zero-order valence-corrected chi connectivity index (χ0v) is 16.0. The number of carbonyl (C=O) groups is 1. The highest BCUT2D eigenvalue weighted by molar-refractivity contribution is 5.77. The Hall–Kier alpha value is -2.49. The van der Waals surface area contributed by atoms with Gasteiger partial charge in [0.15, 0.2) is 0 Å². The number of amides is 1. The second-order valence-corrected chi connectivity index (χ2v) is 7.58. The van der Waals surface area contributed by atoms with Crippen LogP contribution in [0.25, 0.3) is 0 Å². The summed E-state index contributed by atoms with van der Waals surface area (Å²) in [5.74, 6) is 1.76. The molecule has 0 saturated carbocycles. The fourth-order valence-electron chi connectivity index (χ4n) is 3.42. The molecule has 1 atom stereocenters. The molecule has 0 spiro atoms. The maximum atomic E-state index is 12.5. The van der Waals surface area contributed by atoms with E-state index in [1.165, 1.54) is 5.56 Å². The molecule has 1 N–H and O–H groups in total. The minimum atomic E-state index is -0.295. The first kappa shape index (κ1) is 18.3. The number of carbonyl (C=O) groups excluding carboxylic acids is 1. The molecular formula is C22H27NO3. The van der Waals surface area contributed by atoms with Gasteiger partial charge in [-0.25, -0.2) is 0 Å². The highest BCUT2D eigenvalue weighted by Gasteiger charge is 2.34. The number of aryl methyl sites for hydroxylation is 2. The molecule has 0 bridgehead atoms. The molecule has 0 unspecified atom stereocenters. The van der Waals surface area contributed by atoms with Crippen molar-refractivity contribution >= 4 is 5.91 Å². The van der Waals surface area contributed by atoms with Crippen LogP contribution in [0.1, 0.15) is 49.4 Å². The summed E-state index contributed by atoms with van der Waals surface area (Å²) in [4.78, 5) is 12.5. The fraction of sp³-hybridized carbons (Fsp3) is 0.409. The molecule has 0 aromatic heterocycles. The van der Waals surface area contributed by atoms with Crippen LogP contribution in [0, 0.1) is 6.92 Å². The lowest BCUT2D eigenvalue weighted by Gasteiger charge is -2.38. The van der Waals surface area contributed by atoms with Gasteiger partial charge in [0.2, 0.25) is 5.91 Å². The summed E-state index contributed by atoms with van der Waals surface area (Å²) < 4.78 is 11.2. The van der Waals surface area contributed by atoms with Gasteiger partial charge in [0.05, 0.1) is 13.2 Å². The molecule has 26 heavy (non-hydrogen) atoms. The van der Waals surface area contributed by atoms with E-state index in [0.717, 1.165) is 29.0 Å². The molecule has 0 saturated heterocycles. The van der Waals surface area contributed by atoms with Gasteiger partial charge in [-0.15, -0.1) is 0 Å². The minimum absolute atomic E-state index is 0.0167. The Kier molecular flexibility index (Phi) is 5.21. The van der Waals surface area contributed by atoms with Crippen molar-refractivity contribution in [3.05, 3.63) is 59.2 Å². The van der Waals surface area contributed by atoms with Crippen molar-refractivity contribution in [3.8, 4) is 11.5 Å². The molecule has 0 aliphatic carbocycles. The monoisotopic (exact) mass is 353 g/mol. The Morgan fingerprint density at radius 3 is 2.65 bits per heavy atom. The molecule has 1 amide bonds. The van der Waals surface area contributed by atoms with E-state index < -0.39 is 0 Å². The predicted octanol–water partition coefficient (Wildman–Crippen LogP) is 4.35. The zero-order valence-electron chi connectivity index (χ0n) is 16.0. The SMILES string of the molecule is COc1ccc(CCC(=O)N[C@H]2CC(C)(C)Oc3ccc(C)cc32)cc1. The van der Waals surface area contributed by atoms with Gasteiger partial charge in [0, 0.05) is 18.4 Å². The fourth-order valence-corrected chi connectivity index (χ4v) is 3.42. The quantitative estimate of drug-likeness (QED) is 0.869. The number of hydrogen-bond acceptors (Lipinski definition) is 3. The van der Waals surface area contributed by atoms with Crippen LogP contribution < -0.4 is 14.8 Å². The van der Waals surface area contributed by atoms with Gasteiger partial charge in [0.25, 0.3) is 0 Å². The van der Waals surface area contributed by atoms with E-state index in [-0.39, 0.29) is 17.6 Å². The Labute approximate surface area is 155 Å². The molecule has 138 valence electrons. The highest BCUT2D eigenvalue weighted by Crippen LogP contribution is 2.39. The third-order valence-corrected chi connectivity index (χ3v) is 4.76. The van der Waals surface area contributed by atoms with Crippen molar-refractivity contribution in [2.75, 3.05) is 7.11 Å². The van der Waals surface area contributed by atoms with E-state index in [9.17, 15) is 4.79 Å². The molecule has 2 aromatic rings. The highest BCUT2D eigenvalue weighted by atomic mass is 16.5. The van der Waals surface area contributed by atoms with Gasteiger partial charge < -0.3 is 14.8 Å². The Bertz CT molecular complexity index is 780. The molecule has 4 heteroatoms. The molecule has 3 rings (SSSR count). The van der Waals surface area contributed by atoms with E-state index in [1.807, 2.05) is 36.4 Å². The van der Waals surface area contributed by atoms with E-state index in [4.69, 9.17) is 9.47 Å². The lowest BCUT2D eigenvalue weighted by Crippen LogP contribution is -2.41. The van der Waals surface area contributed by atoms with E-state index in [2.05, 4.69) is 32.2 Å². The zero-order chi connectivity index (χ0) is 18.7. The van der Waals surface area contributed by atoms with Crippen LogP contribution in [0.15, 0.2) is 42.5 Å². The summed E-state index contributed by atoms with van der Waals surface area (Å²) in [6.07, 6.45) is 1.94. The van der Waals surface area contributed by atoms with E-state index in [1.54, 1.807) is 7.11 Å². The van der Waals surface area contributed by atoms with Crippen LogP contribution in [0.2, 0.25) is 0 Å². The van der Waals surface area contributed by atoms with Crippen molar-refractivity contribution < 1.29 is 14.3 Å². The van der Waals surface area contributed by atoms with Crippen LogP contribution >= 0.6 is 0 Å². The van der Waals surface area contributed by atoms with Crippen molar-refractivity contribution in [2.45, 2.75) is 51.7 Å². The average Bonchev–Trinajstić information content (AvgIpc) is 2.60. The molecule has 2 aromatic carbocycles. The summed E-state index contributed by atoms with van der Waals surface area (Å²) in [7, 11) is 1.65. The largest absolute Gasteiger partial charge is 0.497 e. The van der Waals surface area contributed by atoms with Crippen LogP contribution in [0.3, 0.4) is 0 Å². The summed E-state index contributed by atoms with van der Waals surface area (Å²) in [5.41, 5.74) is 3.08. The standard InChI is InChI=1S/C22H27NO3/c1-15-5-11-20-18(13-15)19(14-22(2,3)26-20)23-21(24)12-8-16-6-9-17(25-4)10-7-16/h5-7,9-11,13,19H,8,12,14H2,1-4H3,(H,23,24)/t19-/m0/s1. The van der Waals surface area contributed by atoms with Crippen LogP contribution in [-0.2, 0) is 11.2 Å². The minimum Gasteiger partial charge on any atom is -0.497 e. The Balaban J connectivity index is 1.65. The molecule has 1 aliphatic rings. The first-order valence-corrected chi connectivity index (χ1v) is 9.08. The average molecular weight is 353 g/mol. The molecule has 0 radical (unpaired) electrons. The maximum Gasteiger partial charge on any atom is 0.220 e. The first-order chi connectivity index (χ1) is 12.4. The summed E-state index contributed by atoms with van der Waals surface area (Å²) in [5, 5.41) is 3.21. The topological polar surface area (TPSA) is 47.6 Å². The summed E-state index contributed by atoms with van der Waals surface area (Å²) in [6, 6.07) is 14.0. The first-order valence-electron chi connectivity index (χ1n) is 9.08. The van der Waals surface area contributed by atoms with Crippen molar-refractivity contribution in [3.63, 3.8) is 0 Å². The number of rotatable bonds is 5. The second kappa shape index (κ2) is 7.40. The molecule has 4 nitrogen and oxygen atoms in total. The summed E-state index contributed by atoms with van der Waals surface area (Å²) in [6.45, 7) is 6.18. The van der Waals surface area contributed by atoms with Crippen LogP contribution in [0.5, 0.6) is 11.5 Å². The van der Waals surface area contributed by atoms with Gasteiger partial charge in [-0.05, 0) is 51.0 Å². The molecular weight excluding hydrogens is 326 g/mol. The van der Waals surface area contributed by atoms with Crippen molar-refractivity contribution in [1.82, 2.24) is 5.32 Å². The lowest BCUT2D eigenvalue weighted by molar-refractivity contribution is -0.122. The normalized spacial score (nSPS) is 17.8. The van der Waals surface area contributed by atoms with Crippen molar-refractivity contribution in [1.29, 1.82) is 0 Å². The van der Waals surface area contributed by atoms with E-state index >= 15 is 0 Å². The lowest BCUT2D eigenvalue weighted by atomic mass is 9.89. The van der Waals surface area contributed by atoms with Gasteiger partial charge in [-0.3, -0.25) is 4.79 Å². The maximum absolute atomic E-state index is 12.5. The second-order valence-electron chi connectivity index (χ2n) is 7.58. The third kappa shape index (κ3) is 4.37. The van der Waals surface area contributed by atoms with Crippen molar-refractivity contribution in [2.24, 2.45) is 0 Å². The third-order valence-electron chi connectivity index (χ3n) is 4.76. The Morgan fingerprint density at radius 2 is 1.96 bits per heavy atom. The Morgan fingerprint density at radius 1 is 1.23 bits per heavy atom. The molecule has 0 fully saturated rings. The van der Waals surface area contributed by atoms with Gasteiger partial charge >= 0.3 is 0 Å². The number of hydrogen-bond donors (Lipinski definition) is 1. The number of methoxy groups -OCH3 is 1.